The molecule has 0 aliphatic rings. The summed E-state index contributed by atoms with van der Waals surface area (Å²) in [4.78, 5) is 16.8. The third-order valence-electron chi connectivity index (χ3n) is 3.76. The number of amides is 1. The number of hydrogen-bond acceptors (Lipinski definition) is 5. The molecule has 1 amide bonds. The lowest BCUT2D eigenvalue weighted by molar-refractivity contribution is 0.102. The third kappa shape index (κ3) is 3.90. The Kier molecular flexibility index (Phi) is 4.98. The molecule has 0 aliphatic carbocycles. The number of benzene rings is 1. The fourth-order valence-corrected chi connectivity index (χ4v) is 3.68. The maximum Gasteiger partial charge on any atom is 0.276 e. The SMILES string of the molecule is O=C(Nc1ccnn1Cc1ccc(Cl)cc1Cl)c1csc(-c2ccco2)n1. The van der Waals surface area contributed by atoms with Crippen LogP contribution in [0.2, 0.25) is 10.0 Å². The van der Waals surface area contributed by atoms with E-state index in [-0.39, 0.29) is 5.91 Å². The van der Waals surface area contributed by atoms with Gasteiger partial charge in [0.2, 0.25) is 0 Å². The molecule has 0 atom stereocenters. The van der Waals surface area contributed by atoms with Gasteiger partial charge in [-0.05, 0) is 29.8 Å². The van der Waals surface area contributed by atoms with Crippen LogP contribution in [0.3, 0.4) is 0 Å². The molecule has 0 saturated heterocycles. The minimum Gasteiger partial charge on any atom is -0.462 e. The molecule has 27 heavy (non-hydrogen) atoms. The van der Waals surface area contributed by atoms with Gasteiger partial charge in [-0.3, -0.25) is 4.79 Å². The maximum atomic E-state index is 12.5. The lowest BCUT2D eigenvalue weighted by Crippen LogP contribution is -2.16. The van der Waals surface area contributed by atoms with Crippen molar-refractivity contribution in [3.8, 4) is 10.8 Å². The largest absolute Gasteiger partial charge is 0.462 e. The summed E-state index contributed by atoms with van der Waals surface area (Å²) in [5, 5.41) is 10.5. The first kappa shape index (κ1) is 17.8. The maximum absolute atomic E-state index is 12.5. The summed E-state index contributed by atoms with van der Waals surface area (Å²) in [5.74, 6) is 0.841. The van der Waals surface area contributed by atoms with Crippen molar-refractivity contribution in [3.63, 3.8) is 0 Å². The number of rotatable bonds is 5. The summed E-state index contributed by atoms with van der Waals surface area (Å²) in [6.07, 6.45) is 3.17. The predicted octanol–water partition coefficient (Wildman–Crippen LogP) is 5.21. The summed E-state index contributed by atoms with van der Waals surface area (Å²) >= 11 is 13.5. The zero-order chi connectivity index (χ0) is 18.8. The van der Waals surface area contributed by atoms with E-state index in [1.54, 1.807) is 52.9 Å². The normalized spacial score (nSPS) is 10.9. The van der Waals surface area contributed by atoms with E-state index in [4.69, 9.17) is 27.6 Å². The number of carbonyl (C=O) groups is 1. The van der Waals surface area contributed by atoms with E-state index in [2.05, 4.69) is 15.4 Å². The topological polar surface area (TPSA) is 73.0 Å². The summed E-state index contributed by atoms with van der Waals surface area (Å²) in [6, 6.07) is 10.5. The first-order valence-electron chi connectivity index (χ1n) is 7.86. The number of aromatic nitrogens is 3. The second-order valence-corrected chi connectivity index (χ2v) is 7.28. The molecule has 3 heterocycles. The van der Waals surface area contributed by atoms with Crippen LogP contribution in [0, 0.1) is 0 Å². The third-order valence-corrected chi connectivity index (χ3v) is 5.21. The van der Waals surface area contributed by atoms with Gasteiger partial charge in [0.15, 0.2) is 10.8 Å². The van der Waals surface area contributed by atoms with Gasteiger partial charge in [-0.15, -0.1) is 11.3 Å². The molecule has 0 saturated carbocycles. The average molecular weight is 419 g/mol. The molecule has 0 spiro atoms. The summed E-state index contributed by atoms with van der Waals surface area (Å²) < 4.78 is 6.95. The van der Waals surface area contributed by atoms with E-state index < -0.39 is 0 Å². The number of hydrogen-bond donors (Lipinski definition) is 1. The van der Waals surface area contributed by atoms with Gasteiger partial charge < -0.3 is 9.73 Å². The molecule has 136 valence electrons. The Morgan fingerprint density at radius 1 is 1.26 bits per heavy atom. The summed E-state index contributed by atoms with van der Waals surface area (Å²) in [5.41, 5.74) is 1.15. The van der Waals surface area contributed by atoms with Gasteiger partial charge in [-0.2, -0.15) is 5.10 Å². The predicted molar refractivity (Wildman–Crippen MR) is 106 cm³/mol. The Labute approximate surface area is 168 Å². The monoisotopic (exact) mass is 418 g/mol. The van der Waals surface area contributed by atoms with Crippen molar-refractivity contribution < 1.29 is 9.21 Å². The quantitative estimate of drug-likeness (QED) is 0.482. The van der Waals surface area contributed by atoms with Gasteiger partial charge in [0.25, 0.3) is 5.91 Å². The lowest BCUT2D eigenvalue weighted by Gasteiger charge is -2.10. The van der Waals surface area contributed by atoms with Crippen molar-refractivity contribution in [2.45, 2.75) is 6.54 Å². The van der Waals surface area contributed by atoms with Crippen molar-refractivity contribution in [1.82, 2.24) is 14.8 Å². The average Bonchev–Trinajstić information content (AvgIpc) is 3.38. The van der Waals surface area contributed by atoms with E-state index in [0.29, 0.717) is 38.9 Å². The Hall–Kier alpha value is -2.61. The molecule has 0 radical (unpaired) electrons. The molecule has 3 aromatic heterocycles. The molecule has 4 aromatic rings. The highest BCUT2D eigenvalue weighted by Crippen LogP contribution is 2.25. The van der Waals surface area contributed by atoms with Crippen LogP contribution >= 0.6 is 34.5 Å². The molecule has 0 bridgehead atoms. The number of nitrogens with one attached hydrogen (secondary N) is 1. The molecular formula is C18H12Cl2N4O2S. The van der Waals surface area contributed by atoms with Crippen LogP contribution in [0.4, 0.5) is 5.82 Å². The van der Waals surface area contributed by atoms with Gasteiger partial charge in [0, 0.05) is 21.5 Å². The van der Waals surface area contributed by atoms with E-state index in [1.807, 2.05) is 6.07 Å². The Morgan fingerprint density at radius 2 is 2.15 bits per heavy atom. The van der Waals surface area contributed by atoms with E-state index >= 15 is 0 Å². The second kappa shape index (κ2) is 7.56. The van der Waals surface area contributed by atoms with Gasteiger partial charge in [0.1, 0.15) is 11.5 Å². The number of nitrogens with zero attached hydrogens (tertiary/aromatic N) is 3. The Balaban J connectivity index is 1.50. The molecule has 0 fully saturated rings. The Bertz CT molecular complexity index is 1090. The van der Waals surface area contributed by atoms with Gasteiger partial charge >= 0.3 is 0 Å². The summed E-state index contributed by atoms with van der Waals surface area (Å²) in [6.45, 7) is 0.396. The number of carbonyl (C=O) groups excluding carboxylic acids is 1. The van der Waals surface area contributed by atoms with E-state index in [0.717, 1.165) is 5.56 Å². The number of halogens is 2. The van der Waals surface area contributed by atoms with Gasteiger partial charge in [-0.25, -0.2) is 9.67 Å². The molecule has 0 unspecified atom stereocenters. The second-order valence-electron chi connectivity index (χ2n) is 5.58. The highest BCUT2D eigenvalue weighted by Gasteiger charge is 2.15. The molecule has 1 N–H and O–H groups in total. The van der Waals surface area contributed by atoms with Crippen LogP contribution in [0.25, 0.3) is 10.8 Å². The first-order valence-corrected chi connectivity index (χ1v) is 9.50. The Morgan fingerprint density at radius 3 is 2.93 bits per heavy atom. The van der Waals surface area contributed by atoms with Crippen LogP contribution < -0.4 is 5.32 Å². The standard InChI is InChI=1S/C18H12Cl2N4O2S/c19-12-4-3-11(13(20)8-12)9-24-16(5-6-21-24)23-17(25)14-10-27-18(22-14)15-2-1-7-26-15/h1-8,10H,9H2,(H,23,25). The number of thiazole rings is 1. The molecule has 0 aliphatic heterocycles. The lowest BCUT2D eigenvalue weighted by atomic mass is 10.2. The fourth-order valence-electron chi connectivity index (χ4n) is 2.45. The van der Waals surface area contributed by atoms with Crippen LogP contribution in [-0.2, 0) is 6.54 Å². The van der Waals surface area contributed by atoms with Crippen molar-refractivity contribution in [1.29, 1.82) is 0 Å². The first-order chi connectivity index (χ1) is 13.1. The minimum atomic E-state index is -0.326. The number of anilines is 1. The van der Waals surface area contributed by atoms with E-state index in [1.165, 1.54) is 11.3 Å². The van der Waals surface area contributed by atoms with Crippen molar-refractivity contribution >= 4 is 46.3 Å². The molecule has 1 aromatic carbocycles. The van der Waals surface area contributed by atoms with Crippen LogP contribution in [0.5, 0.6) is 0 Å². The van der Waals surface area contributed by atoms with Crippen LogP contribution in [0.1, 0.15) is 16.1 Å². The number of furan rings is 1. The summed E-state index contributed by atoms with van der Waals surface area (Å²) in [7, 11) is 0. The zero-order valence-electron chi connectivity index (χ0n) is 13.7. The minimum absolute atomic E-state index is 0.309. The zero-order valence-corrected chi connectivity index (χ0v) is 16.1. The molecule has 9 heteroatoms. The van der Waals surface area contributed by atoms with E-state index in [9.17, 15) is 4.79 Å². The van der Waals surface area contributed by atoms with Gasteiger partial charge in [-0.1, -0.05) is 29.3 Å². The van der Waals surface area contributed by atoms with Crippen LogP contribution in [0.15, 0.2) is 58.7 Å². The fraction of sp³-hybridized carbons (Fsp3) is 0.0556. The van der Waals surface area contributed by atoms with Crippen molar-refractivity contribution in [2.24, 2.45) is 0 Å². The van der Waals surface area contributed by atoms with Crippen molar-refractivity contribution in [3.05, 3.63) is 75.5 Å². The van der Waals surface area contributed by atoms with Gasteiger partial charge in [0.05, 0.1) is 19.0 Å². The smallest absolute Gasteiger partial charge is 0.276 e. The van der Waals surface area contributed by atoms with Crippen molar-refractivity contribution in [2.75, 3.05) is 5.32 Å². The molecule has 4 rings (SSSR count). The van der Waals surface area contributed by atoms with Crippen LogP contribution in [-0.4, -0.2) is 20.7 Å². The highest BCUT2D eigenvalue weighted by atomic mass is 35.5. The molecule has 6 nitrogen and oxygen atoms in total. The highest BCUT2D eigenvalue weighted by molar-refractivity contribution is 7.13. The molecular weight excluding hydrogens is 407 g/mol.